The van der Waals surface area contributed by atoms with Crippen LogP contribution in [0.2, 0.25) is 0 Å². The fourth-order valence-electron chi connectivity index (χ4n) is 7.03. The highest BCUT2D eigenvalue weighted by molar-refractivity contribution is 6.14. The average Bonchev–Trinajstić information content (AvgIpc) is 3.01. The van der Waals surface area contributed by atoms with Gasteiger partial charge in [-0.05, 0) is 67.1 Å². The molecule has 0 spiro atoms. The van der Waals surface area contributed by atoms with Crippen LogP contribution in [-0.2, 0) is 0 Å². The van der Waals surface area contributed by atoms with Gasteiger partial charge in [-0.25, -0.2) is 0 Å². The molecule has 0 aliphatic carbocycles. The third-order valence-corrected chi connectivity index (χ3v) is 8.72. The van der Waals surface area contributed by atoms with E-state index in [1.165, 1.54) is 0 Å². The second-order valence-electron chi connectivity index (χ2n) is 10.7. The predicted octanol–water partition coefficient (Wildman–Crippen LogP) is 5.74. The van der Waals surface area contributed by atoms with E-state index in [0.29, 0.717) is 81.8 Å². The molecule has 6 nitrogen and oxygen atoms in total. The molecule has 9 rings (SSSR count). The van der Waals surface area contributed by atoms with Gasteiger partial charge in [-0.3, -0.25) is 19.2 Å². The Morgan fingerprint density at radius 2 is 0.732 bits per heavy atom. The topological polar surface area (TPSA) is 77.1 Å². The van der Waals surface area contributed by atoms with E-state index in [-0.39, 0.29) is 21.7 Å². The molecule has 0 aliphatic rings. The monoisotopic (exact) mass is 530 g/mol. The summed E-state index contributed by atoms with van der Waals surface area (Å²) in [7, 11) is 0. The summed E-state index contributed by atoms with van der Waals surface area (Å²) in [6.45, 7) is 1.91. The number of rotatable bonds is 0. The fraction of sp³-hybridized carbons (Fsp3) is 0.0286. The van der Waals surface area contributed by atoms with E-state index < -0.39 is 0 Å². The zero-order valence-corrected chi connectivity index (χ0v) is 21.7. The molecule has 192 valence electrons. The third kappa shape index (κ3) is 2.49. The van der Waals surface area contributed by atoms with Crippen LogP contribution in [0, 0.1) is 6.92 Å². The van der Waals surface area contributed by atoms with Crippen molar-refractivity contribution in [3.8, 4) is 0 Å². The van der Waals surface area contributed by atoms with Crippen LogP contribution in [-0.4, -0.2) is 8.80 Å². The summed E-state index contributed by atoms with van der Waals surface area (Å²) in [5.41, 5.74) is 3.78. The number of nitrogens with zero attached hydrogens (tertiary/aromatic N) is 2. The van der Waals surface area contributed by atoms with Crippen molar-refractivity contribution in [2.75, 3.05) is 0 Å². The second-order valence-corrected chi connectivity index (χ2v) is 10.7. The summed E-state index contributed by atoms with van der Waals surface area (Å²) in [5, 5.41) is 3.70. The van der Waals surface area contributed by atoms with Crippen LogP contribution < -0.4 is 21.7 Å². The Morgan fingerprint density at radius 3 is 1.15 bits per heavy atom. The molecule has 0 saturated carbocycles. The van der Waals surface area contributed by atoms with Crippen LogP contribution in [0.3, 0.4) is 0 Å². The lowest BCUT2D eigenvalue weighted by Gasteiger charge is -2.20. The molecule has 0 amide bonds. The van der Waals surface area contributed by atoms with Crippen molar-refractivity contribution in [1.82, 2.24) is 8.80 Å². The van der Waals surface area contributed by atoms with Crippen molar-refractivity contribution in [2.45, 2.75) is 6.92 Å². The summed E-state index contributed by atoms with van der Waals surface area (Å²) in [4.78, 5) is 55.3. The van der Waals surface area contributed by atoms with Crippen LogP contribution in [0.15, 0.2) is 110 Å². The molecule has 0 unspecified atom stereocenters. The van der Waals surface area contributed by atoms with Gasteiger partial charge in [0, 0.05) is 43.1 Å². The van der Waals surface area contributed by atoms with E-state index in [9.17, 15) is 19.2 Å². The van der Waals surface area contributed by atoms with Crippen LogP contribution in [0.5, 0.6) is 0 Å². The van der Waals surface area contributed by atoms with Gasteiger partial charge in [0.2, 0.25) is 0 Å². The quantitative estimate of drug-likeness (QED) is 0.185. The van der Waals surface area contributed by atoms with Crippen molar-refractivity contribution < 1.29 is 0 Å². The van der Waals surface area contributed by atoms with Gasteiger partial charge < -0.3 is 8.80 Å². The Kier molecular flexibility index (Phi) is 3.96. The minimum absolute atomic E-state index is 0.127. The number of hydrogen-bond donors (Lipinski definition) is 0. The number of aryl methyl sites for hydroxylation is 1. The van der Waals surface area contributed by atoms with Gasteiger partial charge in [0.25, 0.3) is 0 Å². The maximum atomic E-state index is 14.1. The zero-order chi connectivity index (χ0) is 27.7. The van der Waals surface area contributed by atoms with Gasteiger partial charge in [-0.1, -0.05) is 36.4 Å². The molecular weight excluding hydrogens is 512 g/mol. The molecule has 0 aliphatic heterocycles. The minimum atomic E-state index is -0.229. The zero-order valence-electron chi connectivity index (χ0n) is 21.7. The number of benzene rings is 5. The van der Waals surface area contributed by atoms with Crippen molar-refractivity contribution in [3.05, 3.63) is 137 Å². The first-order valence-corrected chi connectivity index (χ1v) is 13.4. The van der Waals surface area contributed by atoms with E-state index in [4.69, 9.17) is 0 Å². The summed E-state index contributed by atoms with van der Waals surface area (Å²) in [6.07, 6.45) is 0. The minimum Gasteiger partial charge on any atom is -0.307 e. The van der Waals surface area contributed by atoms with Gasteiger partial charge in [-0.2, -0.15) is 0 Å². The van der Waals surface area contributed by atoms with Gasteiger partial charge in [-0.15, -0.1) is 0 Å². The van der Waals surface area contributed by atoms with Crippen LogP contribution in [0.1, 0.15) is 5.56 Å². The Hall–Kier alpha value is -5.62. The fourth-order valence-corrected chi connectivity index (χ4v) is 7.03. The standard InChI is InChI=1S/C35H18N2O4/c1-17-28-24(34(40)22-12-6-10-20-30(22)36(28)26-14-4-2-8-18(26)32(20)38)16-25-29(17)37-27-15-5-3-9-19(27)33(39)21-11-7-13-23(31(21)37)35(25)41/h2-16H,1H3. The molecule has 0 radical (unpaired) electrons. The summed E-state index contributed by atoms with van der Waals surface area (Å²) in [6, 6.07) is 27.0. The van der Waals surface area contributed by atoms with Crippen molar-refractivity contribution in [1.29, 1.82) is 0 Å². The maximum Gasteiger partial charge on any atom is 0.197 e. The molecule has 0 saturated heterocycles. The highest BCUT2D eigenvalue weighted by atomic mass is 16.1. The summed E-state index contributed by atoms with van der Waals surface area (Å²) >= 11 is 0. The SMILES string of the molecule is Cc1c2c(cc3c(=O)c4cccc5c(=O)c6ccccc6n(c13)c54)c(=O)c1cccc3c(=O)c4ccccc4n2c31. The van der Waals surface area contributed by atoms with E-state index in [2.05, 4.69) is 0 Å². The van der Waals surface area contributed by atoms with Crippen LogP contribution in [0.25, 0.3) is 76.2 Å². The van der Waals surface area contributed by atoms with E-state index in [1.807, 2.05) is 52.1 Å². The Balaban J connectivity index is 1.73. The van der Waals surface area contributed by atoms with Gasteiger partial charge in [0.15, 0.2) is 21.7 Å². The van der Waals surface area contributed by atoms with Gasteiger partial charge in [0.1, 0.15) is 0 Å². The average molecular weight is 531 g/mol. The summed E-state index contributed by atoms with van der Waals surface area (Å²) in [5.74, 6) is 0. The lowest BCUT2D eigenvalue weighted by molar-refractivity contribution is 1.25. The Morgan fingerprint density at radius 1 is 0.390 bits per heavy atom. The lowest BCUT2D eigenvalue weighted by Crippen LogP contribution is -2.18. The molecule has 0 N–H and O–H groups in total. The smallest absolute Gasteiger partial charge is 0.197 e. The van der Waals surface area contributed by atoms with E-state index in [0.717, 1.165) is 0 Å². The molecule has 4 aromatic heterocycles. The summed E-state index contributed by atoms with van der Waals surface area (Å²) < 4.78 is 4.00. The predicted molar refractivity (Wildman–Crippen MR) is 166 cm³/mol. The number of aromatic nitrogens is 2. The van der Waals surface area contributed by atoms with Crippen molar-refractivity contribution in [3.63, 3.8) is 0 Å². The molecule has 9 aromatic rings. The first-order valence-electron chi connectivity index (χ1n) is 13.4. The molecule has 0 fully saturated rings. The Labute approximate surface area is 229 Å². The lowest BCUT2D eigenvalue weighted by atomic mass is 9.97. The molecule has 41 heavy (non-hydrogen) atoms. The van der Waals surface area contributed by atoms with E-state index in [1.54, 1.807) is 54.6 Å². The molecule has 5 aromatic carbocycles. The number of hydrogen-bond acceptors (Lipinski definition) is 4. The molecule has 6 heteroatoms. The largest absolute Gasteiger partial charge is 0.307 e. The van der Waals surface area contributed by atoms with Crippen LogP contribution in [0.4, 0.5) is 0 Å². The molecular formula is C35H18N2O4. The van der Waals surface area contributed by atoms with Crippen molar-refractivity contribution in [2.24, 2.45) is 0 Å². The van der Waals surface area contributed by atoms with Crippen LogP contribution >= 0.6 is 0 Å². The highest BCUT2D eigenvalue weighted by Gasteiger charge is 2.23. The first kappa shape index (κ1) is 22.2. The van der Waals surface area contributed by atoms with Gasteiger partial charge in [0.05, 0.1) is 33.1 Å². The highest BCUT2D eigenvalue weighted by Crippen LogP contribution is 2.34. The number of fused-ring (bicyclic) bond motifs is 8. The second kappa shape index (κ2) is 7.31. The Bertz CT molecular complexity index is 2710. The van der Waals surface area contributed by atoms with E-state index >= 15 is 0 Å². The number of pyridine rings is 4. The van der Waals surface area contributed by atoms with Gasteiger partial charge >= 0.3 is 0 Å². The maximum absolute atomic E-state index is 14.1. The molecule has 0 atom stereocenters. The van der Waals surface area contributed by atoms with Crippen molar-refractivity contribution >= 4 is 76.2 Å². The third-order valence-electron chi connectivity index (χ3n) is 8.72. The molecule has 4 heterocycles. The molecule has 0 bridgehead atoms. The normalized spacial score (nSPS) is 12.4. The number of para-hydroxylation sites is 4. The first-order chi connectivity index (χ1) is 20.0.